The van der Waals surface area contributed by atoms with Crippen LogP contribution in [0.2, 0.25) is 0 Å². The Morgan fingerprint density at radius 3 is 2.83 bits per heavy atom. The molecule has 7 nitrogen and oxygen atoms in total. The summed E-state index contributed by atoms with van der Waals surface area (Å²) in [5.74, 6) is -0.0539. The molecule has 2 aromatic rings. The summed E-state index contributed by atoms with van der Waals surface area (Å²) in [5, 5.41) is 0. The number of thiazole rings is 1. The Kier molecular flexibility index (Phi) is 3.89. The Morgan fingerprint density at radius 1 is 1.33 bits per heavy atom. The van der Waals surface area contributed by atoms with Gasteiger partial charge < -0.3 is 9.64 Å². The van der Waals surface area contributed by atoms with Crippen molar-refractivity contribution in [3.05, 3.63) is 24.3 Å². The van der Waals surface area contributed by atoms with E-state index in [2.05, 4.69) is 9.72 Å². The number of hydrogen-bond donors (Lipinski definition) is 0. The van der Waals surface area contributed by atoms with Crippen molar-refractivity contribution in [3.8, 4) is 0 Å². The van der Waals surface area contributed by atoms with Crippen LogP contribution in [0.3, 0.4) is 0 Å². The van der Waals surface area contributed by atoms with Crippen LogP contribution in [0.15, 0.2) is 28.6 Å². The summed E-state index contributed by atoms with van der Waals surface area (Å²) in [4.78, 5) is 42.5. The normalized spacial score (nSPS) is 18.2. The van der Waals surface area contributed by atoms with E-state index in [1.165, 1.54) is 11.8 Å². The lowest BCUT2D eigenvalue weighted by Crippen LogP contribution is -2.62. The second kappa shape index (κ2) is 6.06. The van der Waals surface area contributed by atoms with Crippen molar-refractivity contribution in [2.45, 2.75) is 10.4 Å². The van der Waals surface area contributed by atoms with Crippen LogP contribution < -0.4 is 0 Å². The highest BCUT2D eigenvalue weighted by atomic mass is 32.2. The van der Waals surface area contributed by atoms with E-state index >= 15 is 0 Å². The first-order chi connectivity index (χ1) is 11.6. The Labute approximate surface area is 145 Å². The average Bonchev–Trinajstić information content (AvgIpc) is 3.09. The van der Waals surface area contributed by atoms with E-state index in [1.54, 1.807) is 16.2 Å². The second-order valence-corrected chi connectivity index (χ2v) is 7.76. The molecular formula is C15H13N3O4S2. The largest absolute Gasteiger partial charge is 0.439 e. The molecule has 4 rings (SSSR count). The zero-order valence-corrected chi connectivity index (χ0v) is 14.1. The van der Waals surface area contributed by atoms with Crippen molar-refractivity contribution in [3.63, 3.8) is 0 Å². The topological polar surface area (TPSA) is 79.8 Å². The Hall–Kier alpha value is -2.13. The fourth-order valence-electron chi connectivity index (χ4n) is 2.67. The number of para-hydroxylation sites is 1. The molecule has 0 atom stereocenters. The van der Waals surface area contributed by atoms with E-state index in [0.29, 0.717) is 18.8 Å². The number of benzene rings is 1. The summed E-state index contributed by atoms with van der Waals surface area (Å²) >= 11 is 2.98. The summed E-state index contributed by atoms with van der Waals surface area (Å²) in [6.07, 6.45) is -0.610. The van der Waals surface area contributed by atoms with Gasteiger partial charge in [0.1, 0.15) is 0 Å². The van der Waals surface area contributed by atoms with Crippen LogP contribution in [0.25, 0.3) is 10.2 Å². The number of rotatable bonds is 4. The van der Waals surface area contributed by atoms with Gasteiger partial charge in [-0.3, -0.25) is 9.59 Å². The Morgan fingerprint density at radius 2 is 2.12 bits per heavy atom. The van der Waals surface area contributed by atoms with Crippen molar-refractivity contribution in [2.75, 3.05) is 25.4 Å². The van der Waals surface area contributed by atoms with Crippen LogP contribution in [0.1, 0.15) is 0 Å². The zero-order valence-electron chi connectivity index (χ0n) is 12.5. The molecule has 2 saturated heterocycles. The highest BCUT2D eigenvalue weighted by Crippen LogP contribution is 2.30. The number of fused-ring (bicyclic) bond motifs is 1. The van der Waals surface area contributed by atoms with Crippen molar-refractivity contribution in [1.29, 1.82) is 0 Å². The van der Waals surface area contributed by atoms with Gasteiger partial charge >= 0.3 is 6.09 Å². The van der Waals surface area contributed by atoms with E-state index in [1.807, 2.05) is 24.3 Å². The molecule has 124 valence electrons. The lowest BCUT2D eigenvalue weighted by molar-refractivity contribution is -0.139. The first-order valence-electron chi connectivity index (χ1n) is 7.37. The Bertz CT molecular complexity index is 782. The minimum absolute atomic E-state index is 0.0180. The van der Waals surface area contributed by atoms with Crippen LogP contribution in [-0.4, -0.2) is 64.2 Å². The third kappa shape index (κ3) is 2.73. The molecule has 0 unspecified atom stereocenters. The van der Waals surface area contributed by atoms with Crippen LogP contribution in [0, 0.1) is 0 Å². The summed E-state index contributed by atoms with van der Waals surface area (Å²) in [5.41, 5.74) is 0.938. The fraction of sp³-hybridized carbons (Fsp3) is 0.333. The number of likely N-dealkylation sites (tertiary alicyclic amines) is 1. The van der Waals surface area contributed by atoms with Gasteiger partial charge in [0.05, 0.1) is 22.0 Å². The lowest BCUT2D eigenvalue weighted by atomic mass is 10.1. The molecule has 0 radical (unpaired) electrons. The molecule has 0 spiro atoms. The van der Waals surface area contributed by atoms with Crippen LogP contribution in [-0.2, 0) is 14.3 Å². The maximum atomic E-state index is 12.2. The molecule has 24 heavy (non-hydrogen) atoms. The molecule has 2 fully saturated rings. The molecule has 3 heterocycles. The number of aromatic nitrogens is 1. The standard InChI is InChI=1S/C15H13N3O4S2/c19-12-7-22-15(21)18(12)9-5-17(6-9)13(20)8-23-14-16-10-3-1-2-4-11(10)24-14/h1-4,9H,5-8H2. The van der Waals surface area contributed by atoms with Crippen LogP contribution >= 0.6 is 23.1 Å². The monoisotopic (exact) mass is 363 g/mol. The molecular weight excluding hydrogens is 350 g/mol. The predicted molar refractivity (Wildman–Crippen MR) is 88.9 cm³/mol. The van der Waals surface area contributed by atoms with Gasteiger partial charge in [-0.15, -0.1) is 11.3 Å². The lowest BCUT2D eigenvalue weighted by Gasteiger charge is -2.41. The molecule has 3 amide bonds. The number of amides is 3. The minimum atomic E-state index is -0.610. The number of carbonyl (C=O) groups is 3. The summed E-state index contributed by atoms with van der Waals surface area (Å²) in [6.45, 7) is 0.552. The minimum Gasteiger partial charge on any atom is -0.439 e. The third-order valence-corrected chi connectivity index (χ3v) is 6.12. The number of nitrogens with zero attached hydrogens (tertiary/aromatic N) is 3. The average molecular weight is 363 g/mol. The van der Waals surface area contributed by atoms with Gasteiger partial charge in [0, 0.05) is 13.1 Å². The van der Waals surface area contributed by atoms with E-state index in [0.717, 1.165) is 19.5 Å². The summed E-state index contributed by atoms with van der Waals surface area (Å²) in [6, 6.07) is 7.59. The first-order valence-corrected chi connectivity index (χ1v) is 9.17. The van der Waals surface area contributed by atoms with Crippen molar-refractivity contribution in [1.82, 2.24) is 14.8 Å². The predicted octanol–water partition coefficient (Wildman–Crippen LogP) is 1.58. The maximum Gasteiger partial charge on any atom is 0.417 e. The molecule has 1 aromatic heterocycles. The summed E-state index contributed by atoms with van der Waals surface area (Å²) in [7, 11) is 0. The maximum absolute atomic E-state index is 12.2. The highest BCUT2D eigenvalue weighted by Gasteiger charge is 2.44. The molecule has 9 heteroatoms. The van der Waals surface area contributed by atoms with Gasteiger partial charge in [-0.2, -0.15) is 0 Å². The molecule has 0 saturated carbocycles. The van der Waals surface area contributed by atoms with Gasteiger partial charge in [-0.25, -0.2) is 14.7 Å². The third-order valence-electron chi connectivity index (χ3n) is 3.96. The molecule has 1 aromatic carbocycles. The SMILES string of the molecule is O=C(CSc1nc2ccccc2s1)N1CC(N2C(=O)COC2=O)C1. The van der Waals surface area contributed by atoms with Crippen molar-refractivity contribution < 1.29 is 19.1 Å². The number of ether oxygens (including phenoxy) is 1. The number of hydrogen-bond acceptors (Lipinski definition) is 7. The van der Waals surface area contributed by atoms with Gasteiger partial charge in [-0.1, -0.05) is 23.9 Å². The molecule has 0 N–H and O–H groups in total. The van der Waals surface area contributed by atoms with Gasteiger partial charge in [0.15, 0.2) is 10.9 Å². The highest BCUT2D eigenvalue weighted by molar-refractivity contribution is 8.01. The first kappa shape index (κ1) is 15.4. The van der Waals surface area contributed by atoms with E-state index in [-0.39, 0.29) is 24.5 Å². The van der Waals surface area contributed by atoms with Gasteiger partial charge in [0.25, 0.3) is 5.91 Å². The summed E-state index contributed by atoms with van der Waals surface area (Å²) < 4.78 is 6.65. The van der Waals surface area contributed by atoms with Crippen LogP contribution in [0.4, 0.5) is 4.79 Å². The van der Waals surface area contributed by atoms with Crippen molar-refractivity contribution >= 4 is 51.2 Å². The zero-order chi connectivity index (χ0) is 16.7. The van der Waals surface area contributed by atoms with Gasteiger partial charge in [0.2, 0.25) is 5.91 Å². The molecule has 0 aliphatic carbocycles. The molecule has 2 aliphatic rings. The number of imide groups is 1. The number of cyclic esters (lactones) is 1. The number of carbonyl (C=O) groups excluding carboxylic acids is 3. The second-order valence-electron chi connectivity index (χ2n) is 5.51. The fourth-order valence-corrected chi connectivity index (χ4v) is 4.64. The Balaban J connectivity index is 1.30. The quantitative estimate of drug-likeness (QED) is 0.768. The van der Waals surface area contributed by atoms with Gasteiger partial charge in [-0.05, 0) is 12.1 Å². The van der Waals surface area contributed by atoms with E-state index in [9.17, 15) is 14.4 Å². The molecule has 0 bridgehead atoms. The van der Waals surface area contributed by atoms with Crippen molar-refractivity contribution in [2.24, 2.45) is 0 Å². The van der Waals surface area contributed by atoms with E-state index in [4.69, 9.17) is 0 Å². The molecule has 2 aliphatic heterocycles. The van der Waals surface area contributed by atoms with E-state index < -0.39 is 6.09 Å². The smallest absolute Gasteiger partial charge is 0.417 e. The van der Waals surface area contributed by atoms with Crippen LogP contribution in [0.5, 0.6) is 0 Å². The number of thioether (sulfide) groups is 1.